The molecule has 0 fully saturated rings. The summed E-state index contributed by atoms with van der Waals surface area (Å²) >= 11 is 0. The van der Waals surface area contributed by atoms with Crippen LogP contribution in [0.1, 0.15) is 10.6 Å². The number of aromatic amines is 1. The van der Waals surface area contributed by atoms with Gasteiger partial charge in [-0.1, -0.05) is 0 Å². The van der Waals surface area contributed by atoms with E-state index in [9.17, 15) is 9.90 Å². The molecule has 0 radical (unpaired) electrons. The normalized spacial score (nSPS) is 9.33. The molecule has 70 valence electrons. The Hall–Kier alpha value is -1.64. The summed E-state index contributed by atoms with van der Waals surface area (Å²) in [6.07, 6.45) is 3.15. The number of carbonyl (C=O) groups excluding carboxylic acids is 1. The van der Waals surface area contributed by atoms with Crippen LogP contribution >= 0.6 is 0 Å². The van der Waals surface area contributed by atoms with E-state index < -0.39 is 5.97 Å². The van der Waals surface area contributed by atoms with Gasteiger partial charge in [-0.2, -0.15) is 5.10 Å². The fourth-order valence-corrected chi connectivity index (χ4v) is 0.983. The Kier molecular flexibility index (Phi) is 3.60. The van der Waals surface area contributed by atoms with Crippen molar-refractivity contribution in [3.63, 3.8) is 0 Å². The van der Waals surface area contributed by atoms with E-state index in [4.69, 9.17) is 0 Å². The van der Waals surface area contributed by atoms with Gasteiger partial charge < -0.3 is 9.90 Å². The summed E-state index contributed by atoms with van der Waals surface area (Å²) in [5.41, 5.74) is 0.698. The van der Waals surface area contributed by atoms with Gasteiger partial charge in [0, 0.05) is 18.0 Å². The zero-order valence-electron chi connectivity index (χ0n) is 7.97. The molecular weight excluding hydrogens is 191 g/mol. The molecular formula is C8H5LiN4O2. The van der Waals surface area contributed by atoms with E-state index in [2.05, 4.69) is 20.2 Å². The molecule has 0 aliphatic carbocycles. The van der Waals surface area contributed by atoms with Crippen LogP contribution in [0.25, 0.3) is 11.4 Å². The Bertz CT molecular complexity index is 457. The fraction of sp³-hybridized carbons (Fsp3) is 0. The van der Waals surface area contributed by atoms with E-state index in [1.807, 2.05) is 0 Å². The van der Waals surface area contributed by atoms with Gasteiger partial charge in [0.1, 0.15) is 5.97 Å². The second-order valence-electron chi connectivity index (χ2n) is 2.53. The van der Waals surface area contributed by atoms with Crippen LogP contribution in [0.5, 0.6) is 0 Å². The summed E-state index contributed by atoms with van der Waals surface area (Å²) in [5, 5.41) is 16.4. The zero-order valence-corrected chi connectivity index (χ0v) is 7.97. The molecule has 0 aromatic carbocycles. The first-order valence-electron chi connectivity index (χ1n) is 3.81. The van der Waals surface area contributed by atoms with Crippen LogP contribution < -0.4 is 24.0 Å². The van der Waals surface area contributed by atoms with Crippen molar-refractivity contribution in [2.24, 2.45) is 0 Å². The van der Waals surface area contributed by atoms with E-state index >= 15 is 0 Å². The van der Waals surface area contributed by atoms with Crippen LogP contribution in [-0.2, 0) is 0 Å². The predicted molar refractivity (Wildman–Crippen MR) is 43.9 cm³/mol. The van der Waals surface area contributed by atoms with Crippen LogP contribution in [0.2, 0.25) is 0 Å². The standard InChI is InChI=1S/C8H6N4O2.Li/c13-8(14)7-10-6(11-12-7)5-1-3-9-4-2-5;/h1-4H,(H,13,14)(H,10,11,12);/q;+1/p-1. The number of pyridine rings is 1. The second-order valence-corrected chi connectivity index (χ2v) is 2.53. The number of nitrogens with one attached hydrogen (secondary N) is 1. The van der Waals surface area contributed by atoms with Crippen molar-refractivity contribution in [1.29, 1.82) is 0 Å². The Morgan fingerprint density at radius 1 is 1.33 bits per heavy atom. The smallest absolute Gasteiger partial charge is 0.542 e. The molecule has 0 atom stereocenters. The van der Waals surface area contributed by atoms with Gasteiger partial charge in [-0.25, -0.2) is 4.98 Å². The summed E-state index contributed by atoms with van der Waals surface area (Å²) in [7, 11) is 0. The van der Waals surface area contributed by atoms with Crippen molar-refractivity contribution in [3.05, 3.63) is 30.4 Å². The number of carboxylic acid groups (broad SMARTS) is 1. The molecule has 0 aliphatic heterocycles. The molecule has 0 saturated heterocycles. The topological polar surface area (TPSA) is 94.6 Å². The molecule has 7 heteroatoms. The first-order valence-corrected chi connectivity index (χ1v) is 3.81. The maximum absolute atomic E-state index is 10.4. The molecule has 15 heavy (non-hydrogen) atoms. The Morgan fingerprint density at radius 2 is 2.00 bits per heavy atom. The van der Waals surface area contributed by atoms with Crippen molar-refractivity contribution in [1.82, 2.24) is 20.2 Å². The molecule has 6 nitrogen and oxygen atoms in total. The minimum atomic E-state index is -1.38. The first kappa shape index (κ1) is 11.4. The van der Waals surface area contributed by atoms with E-state index in [1.54, 1.807) is 24.5 Å². The minimum Gasteiger partial charge on any atom is -0.542 e. The summed E-state index contributed by atoms with van der Waals surface area (Å²) in [5.74, 6) is -1.35. The average molecular weight is 196 g/mol. The quantitative estimate of drug-likeness (QED) is 0.497. The first-order chi connectivity index (χ1) is 6.77. The number of aromatic nitrogens is 4. The third-order valence-electron chi connectivity index (χ3n) is 1.62. The fourth-order valence-electron chi connectivity index (χ4n) is 0.983. The SMILES string of the molecule is O=C([O-])c1nc(-c2ccncc2)n[nH]1.[Li+]. The van der Waals surface area contributed by atoms with Gasteiger partial charge in [-0.15, -0.1) is 0 Å². The number of carboxylic acids is 1. The number of H-pyrrole nitrogens is 1. The zero-order chi connectivity index (χ0) is 9.97. The summed E-state index contributed by atoms with van der Waals surface area (Å²) in [6.45, 7) is 0. The monoisotopic (exact) mass is 196 g/mol. The average Bonchev–Trinajstić information content (AvgIpc) is 2.68. The second kappa shape index (κ2) is 4.73. The van der Waals surface area contributed by atoms with Gasteiger partial charge >= 0.3 is 18.9 Å². The Balaban J connectivity index is 0.00000112. The molecule has 2 aromatic heterocycles. The third kappa shape index (κ3) is 2.43. The van der Waals surface area contributed by atoms with Crippen molar-refractivity contribution in [2.75, 3.05) is 0 Å². The minimum absolute atomic E-state index is 0. The van der Waals surface area contributed by atoms with E-state index in [0.29, 0.717) is 11.4 Å². The van der Waals surface area contributed by atoms with Gasteiger partial charge in [0.15, 0.2) is 11.6 Å². The molecule has 0 saturated carbocycles. The van der Waals surface area contributed by atoms with Gasteiger partial charge in [-0.3, -0.25) is 10.1 Å². The maximum atomic E-state index is 10.4. The van der Waals surface area contributed by atoms with E-state index in [0.717, 1.165) is 0 Å². The molecule has 0 spiro atoms. The summed E-state index contributed by atoms with van der Waals surface area (Å²) < 4.78 is 0. The van der Waals surface area contributed by atoms with Gasteiger partial charge in [0.2, 0.25) is 0 Å². The molecule has 1 N–H and O–H groups in total. The predicted octanol–water partition coefficient (Wildman–Crippen LogP) is -3.77. The van der Waals surface area contributed by atoms with Crippen LogP contribution in [0.3, 0.4) is 0 Å². The van der Waals surface area contributed by atoms with E-state index in [1.165, 1.54) is 0 Å². The number of carbonyl (C=O) groups is 1. The molecule has 0 unspecified atom stereocenters. The van der Waals surface area contributed by atoms with Gasteiger partial charge in [0.25, 0.3) is 0 Å². The third-order valence-corrected chi connectivity index (χ3v) is 1.62. The number of hydrogen-bond donors (Lipinski definition) is 1. The van der Waals surface area contributed by atoms with Crippen LogP contribution in [0.4, 0.5) is 0 Å². The maximum Gasteiger partial charge on any atom is 1.00 e. The number of hydrogen-bond acceptors (Lipinski definition) is 5. The van der Waals surface area contributed by atoms with Crippen LogP contribution in [0, 0.1) is 0 Å². The number of rotatable bonds is 2. The van der Waals surface area contributed by atoms with Gasteiger partial charge in [-0.05, 0) is 12.1 Å². The van der Waals surface area contributed by atoms with E-state index in [-0.39, 0.29) is 24.7 Å². The molecule has 2 aromatic rings. The largest absolute Gasteiger partial charge is 1.00 e. The molecule has 2 heterocycles. The summed E-state index contributed by atoms with van der Waals surface area (Å²) in [4.78, 5) is 17.9. The van der Waals surface area contributed by atoms with Crippen molar-refractivity contribution < 1.29 is 28.8 Å². The van der Waals surface area contributed by atoms with Crippen molar-refractivity contribution >= 4 is 5.97 Å². The number of nitrogens with zero attached hydrogens (tertiary/aromatic N) is 3. The number of aromatic carboxylic acids is 1. The van der Waals surface area contributed by atoms with Crippen LogP contribution in [0.15, 0.2) is 24.5 Å². The van der Waals surface area contributed by atoms with Crippen molar-refractivity contribution in [2.45, 2.75) is 0 Å². The molecule has 0 amide bonds. The molecule has 0 bridgehead atoms. The molecule has 2 rings (SSSR count). The van der Waals surface area contributed by atoms with Gasteiger partial charge in [0.05, 0.1) is 0 Å². The Morgan fingerprint density at radius 3 is 2.53 bits per heavy atom. The van der Waals surface area contributed by atoms with Crippen LogP contribution in [-0.4, -0.2) is 26.1 Å². The summed E-state index contributed by atoms with van der Waals surface area (Å²) in [6, 6.07) is 3.37. The van der Waals surface area contributed by atoms with Crippen molar-refractivity contribution in [3.8, 4) is 11.4 Å². The molecule has 0 aliphatic rings. The Labute approximate surface area is 96.9 Å².